The molecule has 78 valence electrons. The van der Waals surface area contributed by atoms with E-state index in [9.17, 15) is 0 Å². The number of hydrogen-bond donors (Lipinski definition) is 1. The standard InChI is InChI=1S/C9H16N4S/c10-5-1-3-8-4-2-6-13(8)9-12-11-7-14-9/h7-8H,1-6,10H2. The molecule has 0 spiro atoms. The third-order valence-corrected chi connectivity index (χ3v) is 3.44. The molecule has 0 bridgehead atoms. The van der Waals surface area contributed by atoms with Crippen LogP contribution in [0.3, 0.4) is 0 Å². The minimum absolute atomic E-state index is 0.645. The first-order chi connectivity index (χ1) is 6.92. The van der Waals surface area contributed by atoms with Gasteiger partial charge in [0.25, 0.3) is 0 Å². The summed E-state index contributed by atoms with van der Waals surface area (Å²) in [5, 5.41) is 9.08. The van der Waals surface area contributed by atoms with Crippen LogP contribution in [-0.2, 0) is 0 Å². The molecule has 14 heavy (non-hydrogen) atoms. The molecule has 5 heteroatoms. The molecule has 1 aromatic heterocycles. The lowest BCUT2D eigenvalue weighted by Gasteiger charge is -2.23. The van der Waals surface area contributed by atoms with Gasteiger partial charge in [0.05, 0.1) is 0 Å². The van der Waals surface area contributed by atoms with Crippen molar-refractivity contribution in [3.8, 4) is 0 Å². The summed E-state index contributed by atoms with van der Waals surface area (Å²) in [6.07, 6.45) is 4.85. The average molecular weight is 212 g/mol. The second-order valence-corrected chi connectivity index (χ2v) is 4.45. The van der Waals surface area contributed by atoms with Crippen molar-refractivity contribution in [3.63, 3.8) is 0 Å². The molecule has 1 aliphatic heterocycles. The van der Waals surface area contributed by atoms with Crippen molar-refractivity contribution in [2.75, 3.05) is 18.0 Å². The second-order valence-electron chi connectivity index (χ2n) is 3.64. The number of aromatic nitrogens is 2. The van der Waals surface area contributed by atoms with Crippen LogP contribution in [0.1, 0.15) is 25.7 Å². The lowest BCUT2D eigenvalue weighted by Crippen LogP contribution is -2.29. The van der Waals surface area contributed by atoms with Gasteiger partial charge in [-0.05, 0) is 32.2 Å². The number of hydrogen-bond acceptors (Lipinski definition) is 5. The SMILES string of the molecule is NCCCC1CCCN1c1nncs1. The van der Waals surface area contributed by atoms with Crippen LogP contribution in [-0.4, -0.2) is 29.3 Å². The third kappa shape index (κ3) is 2.04. The maximum atomic E-state index is 5.53. The van der Waals surface area contributed by atoms with E-state index < -0.39 is 0 Å². The Morgan fingerprint density at radius 1 is 1.64 bits per heavy atom. The lowest BCUT2D eigenvalue weighted by molar-refractivity contribution is 0.583. The second kappa shape index (κ2) is 4.70. The largest absolute Gasteiger partial charge is 0.344 e. The fraction of sp³-hybridized carbons (Fsp3) is 0.778. The predicted molar refractivity (Wildman–Crippen MR) is 58.6 cm³/mol. The third-order valence-electron chi connectivity index (χ3n) is 2.71. The Morgan fingerprint density at radius 2 is 2.57 bits per heavy atom. The quantitative estimate of drug-likeness (QED) is 0.816. The molecule has 1 aromatic rings. The molecule has 0 aromatic carbocycles. The summed E-state index contributed by atoms with van der Waals surface area (Å²) < 4.78 is 0. The van der Waals surface area contributed by atoms with Crippen LogP contribution in [0, 0.1) is 0 Å². The molecule has 4 nitrogen and oxygen atoms in total. The van der Waals surface area contributed by atoms with Gasteiger partial charge in [-0.3, -0.25) is 0 Å². The Balaban J connectivity index is 1.97. The fourth-order valence-electron chi connectivity index (χ4n) is 2.03. The number of rotatable bonds is 4. The highest BCUT2D eigenvalue weighted by atomic mass is 32.1. The van der Waals surface area contributed by atoms with E-state index >= 15 is 0 Å². The van der Waals surface area contributed by atoms with Crippen LogP contribution in [0.2, 0.25) is 0 Å². The van der Waals surface area contributed by atoms with E-state index in [1.54, 1.807) is 16.8 Å². The van der Waals surface area contributed by atoms with Gasteiger partial charge in [-0.25, -0.2) is 0 Å². The highest BCUT2D eigenvalue weighted by Gasteiger charge is 2.25. The molecule has 2 N–H and O–H groups in total. The van der Waals surface area contributed by atoms with Crippen LogP contribution < -0.4 is 10.6 Å². The zero-order valence-electron chi connectivity index (χ0n) is 8.22. The molecule has 1 saturated heterocycles. The van der Waals surface area contributed by atoms with E-state index in [0.29, 0.717) is 6.04 Å². The maximum absolute atomic E-state index is 5.53. The Bertz CT molecular complexity index is 262. The molecule has 1 atom stereocenters. The van der Waals surface area contributed by atoms with E-state index in [4.69, 9.17) is 5.73 Å². The van der Waals surface area contributed by atoms with Crippen LogP contribution in [0.15, 0.2) is 5.51 Å². The lowest BCUT2D eigenvalue weighted by atomic mass is 10.1. The Hall–Kier alpha value is -0.680. The van der Waals surface area contributed by atoms with Crippen molar-refractivity contribution in [1.29, 1.82) is 0 Å². The fourth-order valence-corrected chi connectivity index (χ4v) is 2.69. The first-order valence-electron chi connectivity index (χ1n) is 5.14. The molecule has 2 rings (SSSR count). The van der Waals surface area contributed by atoms with E-state index in [1.807, 2.05) is 0 Å². The number of anilines is 1. The van der Waals surface area contributed by atoms with Crippen LogP contribution in [0.5, 0.6) is 0 Å². The van der Waals surface area contributed by atoms with Crippen molar-refractivity contribution < 1.29 is 0 Å². The Kier molecular flexibility index (Phi) is 3.31. The molecule has 0 aliphatic carbocycles. The van der Waals surface area contributed by atoms with Crippen LogP contribution in [0.25, 0.3) is 0 Å². The minimum atomic E-state index is 0.645. The van der Waals surface area contributed by atoms with Gasteiger partial charge in [0.15, 0.2) is 0 Å². The summed E-state index contributed by atoms with van der Waals surface area (Å²) in [5.74, 6) is 0. The highest BCUT2D eigenvalue weighted by Crippen LogP contribution is 2.28. The molecule has 0 amide bonds. The topological polar surface area (TPSA) is 55.0 Å². The highest BCUT2D eigenvalue weighted by molar-refractivity contribution is 7.13. The van der Waals surface area contributed by atoms with Crippen molar-refractivity contribution in [2.24, 2.45) is 5.73 Å². The normalized spacial score (nSPS) is 21.8. The molecule has 2 heterocycles. The van der Waals surface area contributed by atoms with E-state index in [-0.39, 0.29) is 0 Å². The summed E-state index contributed by atoms with van der Waals surface area (Å²) in [6, 6.07) is 0.645. The van der Waals surface area contributed by atoms with Crippen LogP contribution in [0.4, 0.5) is 5.13 Å². The predicted octanol–water partition coefficient (Wildman–Crippen LogP) is 1.25. The van der Waals surface area contributed by atoms with Gasteiger partial charge in [0.1, 0.15) is 5.51 Å². The van der Waals surface area contributed by atoms with E-state index in [1.165, 1.54) is 19.3 Å². The van der Waals surface area contributed by atoms with Gasteiger partial charge in [-0.2, -0.15) is 0 Å². The molecule has 1 unspecified atom stereocenters. The van der Waals surface area contributed by atoms with Gasteiger partial charge < -0.3 is 10.6 Å². The van der Waals surface area contributed by atoms with E-state index in [0.717, 1.165) is 24.6 Å². The first kappa shape index (κ1) is 9.86. The van der Waals surface area contributed by atoms with Crippen molar-refractivity contribution in [3.05, 3.63) is 5.51 Å². The zero-order chi connectivity index (χ0) is 9.80. The van der Waals surface area contributed by atoms with Gasteiger partial charge in [-0.1, -0.05) is 11.3 Å². The summed E-state index contributed by atoms with van der Waals surface area (Å²) >= 11 is 1.63. The van der Waals surface area contributed by atoms with Gasteiger partial charge >= 0.3 is 0 Å². The molecular formula is C9H16N4S. The summed E-state index contributed by atoms with van der Waals surface area (Å²) in [7, 11) is 0. The van der Waals surface area contributed by atoms with Gasteiger partial charge in [0, 0.05) is 12.6 Å². The average Bonchev–Trinajstić information content (AvgIpc) is 2.84. The van der Waals surface area contributed by atoms with Gasteiger partial charge in [-0.15, -0.1) is 10.2 Å². The molecule has 0 saturated carbocycles. The summed E-state index contributed by atoms with van der Waals surface area (Å²) in [4.78, 5) is 2.38. The minimum Gasteiger partial charge on any atom is -0.344 e. The molecule has 1 fully saturated rings. The number of nitrogens with two attached hydrogens (primary N) is 1. The van der Waals surface area contributed by atoms with Crippen molar-refractivity contribution in [1.82, 2.24) is 10.2 Å². The zero-order valence-corrected chi connectivity index (χ0v) is 9.04. The maximum Gasteiger partial charge on any atom is 0.208 e. The molecule has 0 radical (unpaired) electrons. The Morgan fingerprint density at radius 3 is 3.29 bits per heavy atom. The molecule has 1 aliphatic rings. The Labute approximate surface area is 88.1 Å². The van der Waals surface area contributed by atoms with Crippen molar-refractivity contribution >= 4 is 16.5 Å². The first-order valence-corrected chi connectivity index (χ1v) is 6.02. The van der Waals surface area contributed by atoms with Crippen LogP contribution >= 0.6 is 11.3 Å². The monoisotopic (exact) mass is 212 g/mol. The number of nitrogens with zero attached hydrogens (tertiary/aromatic N) is 3. The molecular weight excluding hydrogens is 196 g/mol. The van der Waals surface area contributed by atoms with Gasteiger partial charge in [0.2, 0.25) is 5.13 Å². The summed E-state index contributed by atoms with van der Waals surface area (Å²) in [6.45, 7) is 1.92. The smallest absolute Gasteiger partial charge is 0.208 e. The van der Waals surface area contributed by atoms with Crippen molar-refractivity contribution in [2.45, 2.75) is 31.7 Å². The van der Waals surface area contributed by atoms with E-state index in [2.05, 4.69) is 15.1 Å². The summed E-state index contributed by atoms with van der Waals surface area (Å²) in [5.41, 5.74) is 7.33.